The number of carbonyl (C=O) groups excluding carboxylic acids is 3. The lowest BCUT2D eigenvalue weighted by Crippen LogP contribution is -2.40. The highest BCUT2D eigenvalue weighted by Crippen LogP contribution is 2.25. The summed E-state index contributed by atoms with van der Waals surface area (Å²) in [7, 11) is 0. The fraction of sp³-hybridized carbons (Fsp3) is 0.167. The van der Waals surface area contributed by atoms with Crippen LogP contribution in [0.4, 0.5) is 4.39 Å². The molecule has 1 aliphatic heterocycles. The van der Waals surface area contributed by atoms with Crippen molar-refractivity contribution in [2.75, 3.05) is 13.1 Å². The molecule has 1 aliphatic rings. The first-order valence-corrected chi connectivity index (χ1v) is 8.00. The zero-order chi connectivity index (χ0) is 18.0. The fourth-order valence-electron chi connectivity index (χ4n) is 2.60. The summed E-state index contributed by atoms with van der Waals surface area (Å²) in [4.78, 5) is 37.4. The van der Waals surface area contributed by atoms with Crippen molar-refractivity contribution in [2.45, 2.75) is 6.42 Å². The van der Waals surface area contributed by atoms with E-state index in [2.05, 4.69) is 5.32 Å². The second kappa shape index (κ2) is 7.03. The summed E-state index contributed by atoms with van der Waals surface area (Å²) < 4.78 is 12.8. The van der Waals surface area contributed by atoms with Gasteiger partial charge in [0, 0.05) is 11.6 Å². The third kappa shape index (κ3) is 3.69. The Bertz CT molecular complexity index is 852. The minimum atomic E-state index is -0.531. The number of imide groups is 1. The van der Waals surface area contributed by atoms with Gasteiger partial charge in [-0.05, 0) is 42.3 Å². The van der Waals surface area contributed by atoms with Crippen molar-refractivity contribution in [2.24, 2.45) is 0 Å². The number of hydrogen-bond donors (Lipinski definition) is 1. The summed E-state index contributed by atoms with van der Waals surface area (Å²) in [6.45, 7) is -0.0349. The van der Waals surface area contributed by atoms with Gasteiger partial charge in [-0.3, -0.25) is 19.3 Å². The van der Waals surface area contributed by atoms with E-state index >= 15 is 0 Å². The molecule has 0 unspecified atom stereocenters. The van der Waals surface area contributed by atoms with E-state index < -0.39 is 17.7 Å². The van der Waals surface area contributed by atoms with Gasteiger partial charge in [-0.25, -0.2) is 4.39 Å². The van der Waals surface area contributed by atoms with Crippen LogP contribution >= 0.6 is 11.6 Å². The summed E-state index contributed by atoms with van der Waals surface area (Å²) >= 11 is 5.84. The quantitative estimate of drug-likeness (QED) is 0.833. The van der Waals surface area contributed by atoms with Crippen LogP contribution in [0.25, 0.3) is 0 Å². The molecule has 0 saturated carbocycles. The van der Waals surface area contributed by atoms with Gasteiger partial charge in [-0.1, -0.05) is 23.7 Å². The minimum Gasteiger partial charge on any atom is -0.354 e. The molecule has 0 atom stereocenters. The Kier molecular flexibility index (Phi) is 4.81. The lowest BCUT2D eigenvalue weighted by Gasteiger charge is -2.13. The highest BCUT2D eigenvalue weighted by atomic mass is 35.5. The van der Waals surface area contributed by atoms with Gasteiger partial charge in [0.25, 0.3) is 11.8 Å². The van der Waals surface area contributed by atoms with E-state index in [1.54, 1.807) is 12.1 Å². The van der Waals surface area contributed by atoms with Gasteiger partial charge in [0.1, 0.15) is 12.4 Å². The zero-order valence-electron chi connectivity index (χ0n) is 13.1. The first-order chi connectivity index (χ1) is 12.0. The topological polar surface area (TPSA) is 66.5 Å². The number of rotatable bonds is 5. The number of benzene rings is 2. The highest BCUT2D eigenvalue weighted by molar-refractivity contribution is 6.32. The highest BCUT2D eigenvalue weighted by Gasteiger charge is 2.36. The molecule has 2 aromatic carbocycles. The smallest absolute Gasteiger partial charge is 0.262 e. The molecule has 0 saturated heterocycles. The van der Waals surface area contributed by atoms with E-state index in [-0.39, 0.29) is 23.5 Å². The minimum absolute atomic E-state index is 0.205. The van der Waals surface area contributed by atoms with Crippen molar-refractivity contribution in [3.63, 3.8) is 0 Å². The average Bonchev–Trinajstić information content (AvgIpc) is 2.81. The second-order valence-corrected chi connectivity index (χ2v) is 6.05. The lowest BCUT2D eigenvalue weighted by atomic mass is 10.1. The SMILES string of the molecule is O=C(CN1C(=O)c2ccc(Cl)cc2C1=O)NCCc1ccc(F)cc1. The van der Waals surface area contributed by atoms with E-state index in [1.165, 1.54) is 30.3 Å². The average molecular weight is 361 g/mol. The van der Waals surface area contributed by atoms with E-state index in [0.29, 0.717) is 18.0 Å². The number of nitrogens with zero attached hydrogens (tertiary/aromatic N) is 1. The Hall–Kier alpha value is -2.73. The van der Waals surface area contributed by atoms with Crippen LogP contribution in [0.1, 0.15) is 26.3 Å². The normalized spacial score (nSPS) is 13.1. The second-order valence-electron chi connectivity index (χ2n) is 5.61. The Morgan fingerprint density at radius 1 is 1.04 bits per heavy atom. The Morgan fingerprint density at radius 3 is 2.44 bits per heavy atom. The van der Waals surface area contributed by atoms with Crippen LogP contribution in [0.5, 0.6) is 0 Å². The van der Waals surface area contributed by atoms with Crippen molar-refractivity contribution in [3.8, 4) is 0 Å². The van der Waals surface area contributed by atoms with Crippen molar-refractivity contribution in [3.05, 3.63) is 70.0 Å². The molecule has 7 heteroatoms. The molecule has 0 spiro atoms. The van der Waals surface area contributed by atoms with Crippen LogP contribution in [0.2, 0.25) is 5.02 Å². The van der Waals surface area contributed by atoms with Crippen LogP contribution in [0, 0.1) is 5.82 Å². The van der Waals surface area contributed by atoms with E-state index in [9.17, 15) is 18.8 Å². The molecule has 0 aliphatic carbocycles. The summed E-state index contributed by atoms with van der Waals surface area (Å²) in [6.07, 6.45) is 0.518. The molecule has 0 radical (unpaired) electrons. The van der Waals surface area contributed by atoms with Crippen LogP contribution in [0.15, 0.2) is 42.5 Å². The standard InChI is InChI=1S/C18H14ClFN2O3/c19-12-3-6-14-15(9-12)18(25)22(17(14)24)10-16(23)21-8-7-11-1-4-13(20)5-2-11/h1-6,9H,7-8,10H2,(H,21,23). The van der Waals surface area contributed by atoms with Crippen molar-refractivity contribution >= 4 is 29.3 Å². The number of carbonyl (C=O) groups is 3. The summed E-state index contributed by atoms with van der Waals surface area (Å²) in [5, 5.41) is 3.00. The van der Waals surface area contributed by atoms with Crippen molar-refractivity contribution in [1.29, 1.82) is 0 Å². The number of nitrogens with one attached hydrogen (secondary N) is 1. The molecule has 5 nitrogen and oxygen atoms in total. The van der Waals surface area contributed by atoms with Crippen LogP contribution in [-0.4, -0.2) is 35.7 Å². The van der Waals surface area contributed by atoms with Crippen molar-refractivity contribution < 1.29 is 18.8 Å². The van der Waals surface area contributed by atoms with E-state index in [1.807, 2.05) is 0 Å². The lowest BCUT2D eigenvalue weighted by molar-refractivity contribution is -0.121. The molecule has 128 valence electrons. The molecule has 0 bridgehead atoms. The van der Waals surface area contributed by atoms with Gasteiger partial charge in [0.15, 0.2) is 0 Å². The molecule has 2 aromatic rings. The van der Waals surface area contributed by atoms with Gasteiger partial charge >= 0.3 is 0 Å². The number of fused-ring (bicyclic) bond motifs is 1. The zero-order valence-corrected chi connectivity index (χ0v) is 13.8. The molecule has 0 fully saturated rings. The summed E-state index contributed by atoms with van der Waals surface area (Å²) in [5.74, 6) is -1.80. The maximum absolute atomic E-state index is 12.8. The first kappa shape index (κ1) is 17.1. The van der Waals surface area contributed by atoms with Crippen LogP contribution in [0.3, 0.4) is 0 Å². The monoisotopic (exact) mass is 360 g/mol. The van der Waals surface area contributed by atoms with Gasteiger partial charge in [0.2, 0.25) is 5.91 Å². The fourth-order valence-corrected chi connectivity index (χ4v) is 2.78. The predicted octanol–water partition coefficient (Wildman–Crippen LogP) is 2.43. The molecule has 3 amide bonds. The Labute approximate surface area is 148 Å². The van der Waals surface area contributed by atoms with Crippen LogP contribution in [-0.2, 0) is 11.2 Å². The van der Waals surface area contributed by atoms with E-state index in [0.717, 1.165) is 10.5 Å². The van der Waals surface area contributed by atoms with Crippen LogP contribution < -0.4 is 5.32 Å². The number of halogens is 2. The molecule has 0 aromatic heterocycles. The third-order valence-corrected chi connectivity index (χ3v) is 4.12. The molecular formula is C18H14ClFN2O3. The summed E-state index contributed by atoms with van der Waals surface area (Å²) in [5.41, 5.74) is 1.32. The van der Waals surface area contributed by atoms with Gasteiger partial charge < -0.3 is 5.32 Å². The van der Waals surface area contributed by atoms with Gasteiger partial charge in [-0.15, -0.1) is 0 Å². The molecule has 1 N–H and O–H groups in total. The third-order valence-electron chi connectivity index (χ3n) is 3.88. The maximum Gasteiger partial charge on any atom is 0.262 e. The largest absolute Gasteiger partial charge is 0.354 e. The van der Waals surface area contributed by atoms with Crippen molar-refractivity contribution in [1.82, 2.24) is 10.2 Å². The summed E-state index contributed by atoms with van der Waals surface area (Å²) in [6, 6.07) is 10.4. The molecule has 25 heavy (non-hydrogen) atoms. The Balaban J connectivity index is 1.56. The number of hydrogen-bond acceptors (Lipinski definition) is 3. The maximum atomic E-state index is 12.8. The van der Waals surface area contributed by atoms with Gasteiger partial charge in [-0.2, -0.15) is 0 Å². The van der Waals surface area contributed by atoms with Gasteiger partial charge in [0.05, 0.1) is 11.1 Å². The van der Waals surface area contributed by atoms with E-state index in [4.69, 9.17) is 11.6 Å². The predicted molar refractivity (Wildman–Crippen MR) is 89.9 cm³/mol. The first-order valence-electron chi connectivity index (χ1n) is 7.62. The number of amides is 3. The molecular weight excluding hydrogens is 347 g/mol. The Morgan fingerprint density at radius 2 is 1.72 bits per heavy atom. The molecule has 1 heterocycles. The molecule has 3 rings (SSSR count).